The van der Waals surface area contributed by atoms with Crippen LogP contribution < -0.4 is 5.73 Å². The molecule has 1 fully saturated rings. The minimum Gasteiger partial charge on any atom is -0.418 e. The standard InChI is InChI=1S/C11H17N3O2.ClH/c1-6(2)9(12)10(15)11-14-13-8(16-11)5-7-3-4-7;/h6-7,9H,3-5,12H2,1-2H3;1H/t9-;/m0./s1. The molecule has 5 nitrogen and oxygen atoms in total. The van der Waals surface area contributed by atoms with Crippen LogP contribution in [-0.2, 0) is 6.42 Å². The van der Waals surface area contributed by atoms with Crippen LogP contribution in [0.25, 0.3) is 0 Å². The van der Waals surface area contributed by atoms with Gasteiger partial charge in [0.15, 0.2) is 0 Å². The monoisotopic (exact) mass is 259 g/mol. The first kappa shape index (κ1) is 14.1. The van der Waals surface area contributed by atoms with Crippen molar-refractivity contribution < 1.29 is 9.21 Å². The van der Waals surface area contributed by atoms with Gasteiger partial charge in [0.25, 0.3) is 5.89 Å². The Labute approximate surface area is 107 Å². The number of hydrogen-bond donors (Lipinski definition) is 1. The first-order valence-corrected chi connectivity index (χ1v) is 5.70. The largest absolute Gasteiger partial charge is 0.418 e. The van der Waals surface area contributed by atoms with Crippen LogP contribution in [0.15, 0.2) is 4.42 Å². The van der Waals surface area contributed by atoms with Gasteiger partial charge in [-0.3, -0.25) is 4.79 Å². The molecule has 0 spiro atoms. The third-order valence-electron chi connectivity index (χ3n) is 2.86. The number of nitrogens with zero attached hydrogens (tertiary/aromatic N) is 2. The molecule has 0 aromatic carbocycles. The summed E-state index contributed by atoms with van der Waals surface area (Å²) >= 11 is 0. The smallest absolute Gasteiger partial charge is 0.285 e. The molecule has 17 heavy (non-hydrogen) atoms. The van der Waals surface area contributed by atoms with E-state index >= 15 is 0 Å². The average molecular weight is 260 g/mol. The molecule has 1 atom stereocenters. The summed E-state index contributed by atoms with van der Waals surface area (Å²) in [5.41, 5.74) is 5.74. The Hall–Kier alpha value is -0.940. The van der Waals surface area contributed by atoms with Gasteiger partial charge in [-0.05, 0) is 24.7 Å². The van der Waals surface area contributed by atoms with Crippen molar-refractivity contribution >= 4 is 18.2 Å². The van der Waals surface area contributed by atoms with Crippen molar-refractivity contribution in [2.45, 2.75) is 39.2 Å². The van der Waals surface area contributed by atoms with Crippen LogP contribution in [0.4, 0.5) is 0 Å². The molecular formula is C11H18ClN3O2. The lowest BCUT2D eigenvalue weighted by Gasteiger charge is -2.10. The highest BCUT2D eigenvalue weighted by molar-refractivity contribution is 5.95. The third-order valence-corrected chi connectivity index (χ3v) is 2.86. The van der Waals surface area contributed by atoms with E-state index in [1.165, 1.54) is 12.8 Å². The van der Waals surface area contributed by atoms with E-state index in [1.807, 2.05) is 13.8 Å². The summed E-state index contributed by atoms with van der Waals surface area (Å²) in [5, 5.41) is 7.62. The van der Waals surface area contributed by atoms with E-state index < -0.39 is 6.04 Å². The van der Waals surface area contributed by atoms with Gasteiger partial charge in [0.2, 0.25) is 11.7 Å². The second-order valence-corrected chi connectivity index (χ2v) is 4.78. The molecule has 1 aliphatic rings. The quantitative estimate of drug-likeness (QED) is 0.813. The SMILES string of the molecule is CC(C)[C@H](N)C(=O)c1nnc(CC2CC2)o1.Cl. The number of ketones is 1. The van der Waals surface area contributed by atoms with Gasteiger partial charge in [0.1, 0.15) is 0 Å². The molecular weight excluding hydrogens is 242 g/mol. The van der Waals surface area contributed by atoms with Crippen LogP contribution in [0, 0.1) is 11.8 Å². The van der Waals surface area contributed by atoms with E-state index in [4.69, 9.17) is 10.2 Å². The molecule has 1 aromatic rings. The fourth-order valence-corrected chi connectivity index (χ4v) is 1.45. The van der Waals surface area contributed by atoms with Gasteiger partial charge >= 0.3 is 0 Å². The van der Waals surface area contributed by atoms with Crippen molar-refractivity contribution in [3.8, 4) is 0 Å². The maximum absolute atomic E-state index is 11.8. The van der Waals surface area contributed by atoms with Gasteiger partial charge in [-0.25, -0.2) is 0 Å². The van der Waals surface area contributed by atoms with Crippen LogP contribution in [0.1, 0.15) is 43.3 Å². The predicted octanol–water partition coefficient (Wildman–Crippen LogP) is 1.61. The summed E-state index contributed by atoms with van der Waals surface area (Å²) < 4.78 is 5.32. The van der Waals surface area contributed by atoms with Gasteiger partial charge in [0, 0.05) is 6.42 Å². The molecule has 2 rings (SSSR count). The lowest BCUT2D eigenvalue weighted by Crippen LogP contribution is -2.35. The highest BCUT2D eigenvalue weighted by atomic mass is 35.5. The number of rotatable bonds is 5. The van der Waals surface area contributed by atoms with Gasteiger partial charge < -0.3 is 10.2 Å². The normalized spacial score (nSPS) is 16.7. The number of carbonyl (C=O) groups excluding carboxylic acids is 1. The van der Waals surface area contributed by atoms with E-state index in [0.717, 1.165) is 6.42 Å². The molecule has 0 aliphatic heterocycles. The van der Waals surface area contributed by atoms with E-state index in [9.17, 15) is 4.79 Å². The van der Waals surface area contributed by atoms with Crippen LogP contribution >= 0.6 is 12.4 Å². The number of aromatic nitrogens is 2. The molecule has 0 bridgehead atoms. The van der Waals surface area contributed by atoms with Gasteiger partial charge in [-0.15, -0.1) is 22.6 Å². The van der Waals surface area contributed by atoms with Crippen molar-refractivity contribution in [1.29, 1.82) is 0 Å². The zero-order valence-corrected chi connectivity index (χ0v) is 10.9. The molecule has 0 unspecified atom stereocenters. The molecule has 1 aromatic heterocycles. The minimum atomic E-state index is -0.561. The van der Waals surface area contributed by atoms with Crippen LogP contribution in [0.2, 0.25) is 0 Å². The Morgan fingerprint density at radius 1 is 1.47 bits per heavy atom. The lowest BCUT2D eigenvalue weighted by molar-refractivity contribution is 0.0904. The Kier molecular flexibility index (Phi) is 4.65. The summed E-state index contributed by atoms with van der Waals surface area (Å²) in [6.07, 6.45) is 3.23. The number of nitrogens with two attached hydrogens (primary N) is 1. The van der Waals surface area contributed by atoms with Crippen LogP contribution in [0.3, 0.4) is 0 Å². The van der Waals surface area contributed by atoms with Crippen LogP contribution in [0.5, 0.6) is 0 Å². The van der Waals surface area contributed by atoms with Gasteiger partial charge in [0.05, 0.1) is 6.04 Å². The molecule has 1 aliphatic carbocycles. The molecule has 0 radical (unpaired) electrons. The van der Waals surface area contributed by atoms with E-state index in [2.05, 4.69) is 10.2 Å². The Morgan fingerprint density at radius 2 is 2.12 bits per heavy atom. The maximum Gasteiger partial charge on any atom is 0.285 e. The number of hydrogen-bond acceptors (Lipinski definition) is 5. The molecule has 0 saturated heterocycles. The molecule has 6 heteroatoms. The second-order valence-electron chi connectivity index (χ2n) is 4.78. The van der Waals surface area contributed by atoms with Crippen molar-refractivity contribution in [3.63, 3.8) is 0 Å². The van der Waals surface area contributed by atoms with Gasteiger partial charge in [-0.2, -0.15) is 0 Å². The number of carbonyl (C=O) groups is 1. The average Bonchev–Trinajstić information content (AvgIpc) is 2.92. The van der Waals surface area contributed by atoms with E-state index in [-0.39, 0.29) is 30.0 Å². The first-order chi connectivity index (χ1) is 7.58. The van der Waals surface area contributed by atoms with E-state index in [0.29, 0.717) is 11.8 Å². The van der Waals surface area contributed by atoms with E-state index in [1.54, 1.807) is 0 Å². The Balaban J connectivity index is 0.00000144. The molecule has 2 N–H and O–H groups in total. The third kappa shape index (κ3) is 3.51. The Morgan fingerprint density at radius 3 is 2.65 bits per heavy atom. The van der Waals surface area contributed by atoms with Crippen molar-refractivity contribution in [2.24, 2.45) is 17.6 Å². The van der Waals surface area contributed by atoms with Crippen molar-refractivity contribution in [3.05, 3.63) is 11.8 Å². The van der Waals surface area contributed by atoms with Crippen molar-refractivity contribution in [2.75, 3.05) is 0 Å². The molecule has 1 heterocycles. The molecule has 96 valence electrons. The summed E-state index contributed by atoms with van der Waals surface area (Å²) in [4.78, 5) is 11.8. The summed E-state index contributed by atoms with van der Waals surface area (Å²) in [6, 6.07) is -0.561. The second kappa shape index (κ2) is 5.60. The summed E-state index contributed by atoms with van der Waals surface area (Å²) in [5.74, 6) is 1.09. The maximum atomic E-state index is 11.8. The zero-order valence-electron chi connectivity index (χ0n) is 10.0. The van der Waals surface area contributed by atoms with Crippen molar-refractivity contribution in [1.82, 2.24) is 10.2 Å². The molecule has 0 amide bonds. The highest BCUT2D eigenvalue weighted by Gasteiger charge is 2.27. The fraction of sp³-hybridized carbons (Fsp3) is 0.727. The zero-order chi connectivity index (χ0) is 11.7. The summed E-state index contributed by atoms with van der Waals surface area (Å²) in [6.45, 7) is 3.79. The topological polar surface area (TPSA) is 82.0 Å². The molecule has 1 saturated carbocycles. The predicted molar refractivity (Wildman–Crippen MR) is 65.1 cm³/mol. The fourth-order valence-electron chi connectivity index (χ4n) is 1.45. The Bertz CT molecular complexity index is 388. The highest BCUT2D eigenvalue weighted by Crippen LogP contribution is 2.32. The number of halogens is 1. The number of Topliss-reactive ketones (excluding diaryl/α,β-unsaturated/α-hetero) is 1. The summed E-state index contributed by atoms with van der Waals surface area (Å²) in [7, 11) is 0. The van der Waals surface area contributed by atoms with Crippen LogP contribution in [-0.4, -0.2) is 22.0 Å². The van der Waals surface area contributed by atoms with Gasteiger partial charge in [-0.1, -0.05) is 13.8 Å². The minimum absolute atomic E-state index is 0. The first-order valence-electron chi connectivity index (χ1n) is 5.70. The lowest BCUT2D eigenvalue weighted by atomic mass is 10.0.